The lowest BCUT2D eigenvalue weighted by atomic mass is 10.1. The van der Waals surface area contributed by atoms with E-state index in [1.54, 1.807) is 0 Å². The van der Waals surface area contributed by atoms with Gasteiger partial charge in [-0.2, -0.15) is 0 Å². The molecule has 2 heterocycles. The van der Waals surface area contributed by atoms with E-state index in [0.717, 1.165) is 32.8 Å². The zero-order chi connectivity index (χ0) is 16.8. The fourth-order valence-electron chi connectivity index (χ4n) is 3.55. The topological polar surface area (TPSA) is 19.0 Å². The second-order valence-corrected chi connectivity index (χ2v) is 7.30. The Morgan fingerprint density at radius 3 is 2.29 bits per heavy atom. The van der Waals surface area contributed by atoms with E-state index >= 15 is 0 Å². The molecule has 0 amide bonds. The molecule has 0 spiro atoms. The van der Waals surface area contributed by atoms with Crippen molar-refractivity contribution in [1.29, 1.82) is 0 Å². The standard InChI is InChI=1S/C20H33N3O/c1-3-21-16-20(17-21)24-14-4-9-22-10-12-23(13-11-22)15-19-7-5-18(2)6-8-19/h5-8,20H,3-4,9-17H2,1-2H3. The second-order valence-electron chi connectivity index (χ2n) is 7.30. The van der Waals surface area contributed by atoms with Crippen LogP contribution in [0, 0.1) is 6.92 Å². The van der Waals surface area contributed by atoms with Crippen LogP contribution in [0.4, 0.5) is 0 Å². The van der Waals surface area contributed by atoms with E-state index in [4.69, 9.17) is 4.74 Å². The predicted molar refractivity (Wildman–Crippen MR) is 99.4 cm³/mol. The highest BCUT2D eigenvalue weighted by Crippen LogP contribution is 2.12. The second kappa shape index (κ2) is 8.95. The van der Waals surface area contributed by atoms with E-state index in [1.165, 1.54) is 50.3 Å². The smallest absolute Gasteiger partial charge is 0.0828 e. The van der Waals surface area contributed by atoms with Gasteiger partial charge >= 0.3 is 0 Å². The molecular formula is C20H33N3O. The first-order chi connectivity index (χ1) is 11.7. The third kappa shape index (κ3) is 5.28. The number of nitrogens with zero attached hydrogens (tertiary/aromatic N) is 3. The maximum Gasteiger partial charge on any atom is 0.0828 e. The van der Waals surface area contributed by atoms with Crippen LogP contribution in [0.25, 0.3) is 0 Å². The van der Waals surface area contributed by atoms with Crippen molar-refractivity contribution < 1.29 is 4.74 Å². The third-order valence-electron chi connectivity index (χ3n) is 5.33. The SMILES string of the molecule is CCN1CC(OCCCN2CCN(Cc3ccc(C)cc3)CC2)C1. The predicted octanol–water partition coefficient (Wildman–Crippen LogP) is 2.22. The van der Waals surface area contributed by atoms with Crippen LogP contribution >= 0.6 is 0 Å². The van der Waals surface area contributed by atoms with E-state index in [0.29, 0.717) is 6.10 Å². The first-order valence-electron chi connectivity index (χ1n) is 9.57. The van der Waals surface area contributed by atoms with Gasteiger partial charge in [-0.1, -0.05) is 36.8 Å². The zero-order valence-corrected chi connectivity index (χ0v) is 15.4. The van der Waals surface area contributed by atoms with Crippen molar-refractivity contribution in [3.8, 4) is 0 Å². The normalized spacial score (nSPS) is 21.1. The highest BCUT2D eigenvalue weighted by atomic mass is 16.5. The molecular weight excluding hydrogens is 298 g/mol. The van der Waals surface area contributed by atoms with Crippen LogP contribution in [0.15, 0.2) is 24.3 Å². The molecule has 0 saturated carbocycles. The number of rotatable bonds is 8. The summed E-state index contributed by atoms with van der Waals surface area (Å²) < 4.78 is 5.93. The number of aryl methyl sites for hydroxylation is 1. The van der Waals surface area contributed by atoms with Gasteiger partial charge in [0, 0.05) is 59.0 Å². The number of hydrogen-bond donors (Lipinski definition) is 0. The van der Waals surface area contributed by atoms with Gasteiger partial charge < -0.3 is 9.64 Å². The summed E-state index contributed by atoms with van der Waals surface area (Å²) in [6.45, 7) is 15.7. The van der Waals surface area contributed by atoms with Crippen molar-refractivity contribution in [2.45, 2.75) is 32.9 Å². The number of ether oxygens (including phenoxy) is 1. The highest BCUT2D eigenvalue weighted by Gasteiger charge is 2.25. The number of likely N-dealkylation sites (N-methyl/N-ethyl adjacent to an activating group) is 1. The van der Waals surface area contributed by atoms with Gasteiger partial charge in [0.15, 0.2) is 0 Å². The zero-order valence-electron chi connectivity index (χ0n) is 15.4. The average molecular weight is 332 g/mol. The first-order valence-corrected chi connectivity index (χ1v) is 9.57. The van der Waals surface area contributed by atoms with Crippen LogP contribution in [0.3, 0.4) is 0 Å². The van der Waals surface area contributed by atoms with Crippen molar-refractivity contribution in [2.75, 3.05) is 59.0 Å². The molecule has 24 heavy (non-hydrogen) atoms. The van der Waals surface area contributed by atoms with Gasteiger partial charge in [-0.3, -0.25) is 9.80 Å². The number of piperazine rings is 1. The lowest BCUT2D eigenvalue weighted by molar-refractivity contribution is -0.0544. The molecule has 0 bridgehead atoms. The Morgan fingerprint density at radius 2 is 1.62 bits per heavy atom. The van der Waals surface area contributed by atoms with E-state index in [2.05, 4.69) is 52.8 Å². The largest absolute Gasteiger partial charge is 0.376 e. The number of hydrogen-bond acceptors (Lipinski definition) is 4. The molecule has 0 unspecified atom stereocenters. The van der Waals surface area contributed by atoms with E-state index in [1.807, 2.05) is 0 Å². The van der Waals surface area contributed by atoms with Crippen LogP contribution < -0.4 is 0 Å². The summed E-state index contributed by atoms with van der Waals surface area (Å²) in [4.78, 5) is 7.59. The minimum absolute atomic E-state index is 0.497. The monoisotopic (exact) mass is 331 g/mol. The lowest BCUT2D eigenvalue weighted by Gasteiger charge is -2.38. The molecule has 2 aliphatic heterocycles. The molecule has 2 fully saturated rings. The van der Waals surface area contributed by atoms with Crippen molar-refractivity contribution >= 4 is 0 Å². The quantitative estimate of drug-likeness (QED) is 0.680. The van der Waals surface area contributed by atoms with Crippen LogP contribution in [-0.2, 0) is 11.3 Å². The number of benzene rings is 1. The van der Waals surface area contributed by atoms with E-state index < -0.39 is 0 Å². The molecule has 1 aromatic rings. The average Bonchev–Trinajstić information content (AvgIpc) is 2.56. The first kappa shape index (κ1) is 17.9. The third-order valence-corrected chi connectivity index (χ3v) is 5.33. The Balaban J connectivity index is 1.25. The molecule has 0 aliphatic carbocycles. The Bertz CT molecular complexity index is 476. The molecule has 1 aromatic carbocycles. The molecule has 0 N–H and O–H groups in total. The van der Waals surface area contributed by atoms with Gasteiger partial charge in [0.1, 0.15) is 0 Å². The van der Waals surface area contributed by atoms with Crippen LogP contribution in [-0.4, -0.2) is 79.8 Å². The minimum Gasteiger partial charge on any atom is -0.376 e. The summed E-state index contributed by atoms with van der Waals surface area (Å²) in [5.74, 6) is 0. The molecule has 4 heteroatoms. The molecule has 4 nitrogen and oxygen atoms in total. The lowest BCUT2D eigenvalue weighted by Crippen LogP contribution is -2.52. The van der Waals surface area contributed by atoms with Crippen molar-refractivity contribution in [2.24, 2.45) is 0 Å². The fraction of sp³-hybridized carbons (Fsp3) is 0.700. The molecule has 2 saturated heterocycles. The maximum atomic E-state index is 5.93. The van der Waals surface area contributed by atoms with Crippen LogP contribution in [0.2, 0.25) is 0 Å². The van der Waals surface area contributed by atoms with Crippen LogP contribution in [0.1, 0.15) is 24.5 Å². The van der Waals surface area contributed by atoms with Gasteiger partial charge in [-0.15, -0.1) is 0 Å². The summed E-state index contributed by atoms with van der Waals surface area (Å²) in [6, 6.07) is 8.96. The molecule has 0 radical (unpaired) electrons. The summed E-state index contributed by atoms with van der Waals surface area (Å²) in [6.07, 6.45) is 1.66. The van der Waals surface area contributed by atoms with Gasteiger partial charge in [0.2, 0.25) is 0 Å². The summed E-state index contributed by atoms with van der Waals surface area (Å²) in [7, 11) is 0. The van der Waals surface area contributed by atoms with Crippen molar-refractivity contribution in [1.82, 2.24) is 14.7 Å². The van der Waals surface area contributed by atoms with Crippen LogP contribution in [0.5, 0.6) is 0 Å². The molecule has 134 valence electrons. The minimum atomic E-state index is 0.497. The Morgan fingerprint density at radius 1 is 0.958 bits per heavy atom. The summed E-state index contributed by atoms with van der Waals surface area (Å²) in [5.41, 5.74) is 2.78. The van der Waals surface area contributed by atoms with Crippen molar-refractivity contribution in [3.05, 3.63) is 35.4 Å². The van der Waals surface area contributed by atoms with Gasteiger partial charge in [0.25, 0.3) is 0 Å². The maximum absolute atomic E-state index is 5.93. The van der Waals surface area contributed by atoms with Gasteiger partial charge in [-0.05, 0) is 25.5 Å². The van der Waals surface area contributed by atoms with Gasteiger partial charge in [0.05, 0.1) is 6.10 Å². The van der Waals surface area contributed by atoms with Crippen molar-refractivity contribution in [3.63, 3.8) is 0 Å². The molecule has 3 rings (SSSR count). The highest BCUT2D eigenvalue weighted by molar-refractivity contribution is 5.21. The van der Waals surface area contributed by atoms with Gasteiger partial charge in [-0.25, -0.2) is 0 Å². The summed E-state index contributed by atoms with van der Waals surface area (Å²) >= 11 is 0. The van der Waals surface area contributed by atoms with E-state index in [9.17, 15) is 0 Å². The molecule has 0 atom stereocenters. The Hall–Kier alpha value is -0.940. The Labute approximate surface area is 147 Å². The Kier molecular flexibility index (Phi) is 6.67. The fourth-order valence-corrected chi connectivity index (χ4v) is 3.55. The molecule has 0 aromatic heterocycles. The number of likely N-dealkylation sites (tertiary alicyclic amines) is 1. The molecule has 2 aliphatic rings. The summed E-state index contributed by atoms with van der Waals surface area (Å²) in [5, 5.41) is 0. The van der Waals surface area contributed by atoms with E-state index in [-0.39, 0.29) is 0 Å².